The van der Waals surface area contributed by atoms with Gasteiger partial charge in [-0.25, -0.2) is 0 Å². The van der Waals surface area contributed by atoms with Crippen LogP contribution in [0.1, 0.15) is 30.1 Å². The number of aromatic amines is 1. The predicted molar refractivity (Wildman–Crippen MR) is 72.3 cm³/mol. The standard InChI is InChI=1S/C15H19N3/c1-3-14(17-8-1)15-4-2-11-18(15)12-7-13-5-9-16-10-6-13/h1,3,5-6,8-10,15,17H,2,4,7,11-12H2/t15-/m1/s1. The van der Waals surface area contributed by atoms with Crippen molar-refractivity contribution in [3.63, 3.8) is 0 Å². The Morgan fingerprint density at radius 1 is 1.28 bits per heavy atom. The van der Waals surface area contributed by atoms with Crippen molar-refractivity contribution < 1.29 is 0 Å². The van der Waals surface area contributed by atoms with Gasteiger partial charge in [0.05, 0.1) is 0 Å². The van der Waals surface area contributed by atoms with Gasteiger partial charge in [0.1, 0.15) is 0 Å². The van der Waals surface area contributed by atoms with Gasteiger partial charge >= 0.3 is 0 Å². The number of pyridine rings is 1. The van der Waals surface area contributed by atoms with E-state index in [2.05, 4.69) is 39.1 Å². The van der Waals surface area contributed by atoms with E-state index < -0.39 is 0 Å². The highest BCUT2D eigenvalue weighted by atomic mass is 15.2. The van der Waals surface area contributed by atoms with Gasteiger partial charge in [0.25, 0.3) is 0 Å². The molecule has 3 heterocycles. The van der Waals surface area contributed by atoms with E-state index in [0.717, 1.165) is 13.0 Å². The molecule has 0 spiro atoms. The van der Waals surface area contributed by atoms with E-state index in [1.807, 2.05) is 18.6 Å². The molecule has 18 heavy (non-hydrogen) atoms. The van der Waals surface area contributed by atoms with Crippen molar-refractivity contribution in [2.24, 2.45) is 0 Å². The largest absolute Gasteiger partial charge is 0.364 e. The molecule has 0 bridgehead atoms. The van der Waals surface area contributed by atoms with Gasteiger partial charge in [-0.1, -0.05) is 0 Å². The number of hydrogen-bond donors (Lipinski definition) is 1. The van der Waals surface area contributed by atoms with Crippen LogP contribution in [0.3, 0.4) is 0 Å². The van der Waals surface area contributed by atoms with Crippen molar-refractivity contribution in [1.82, 2.24) is 14.9 Å². The van der Waals surface area contributed by atoms with Crippen molar-refractivity contribution >= 4 is 0 Å². The molecule has 0 unspecified atom stereocenters. The first-order valence-electron chi connectivity index (χ1n) is 6.70. The summed E-state index contributed by atoms with van der Waals surface area (Å²) < 4.78 is 0. The van der Waals surface area contributed by atoms with Gasteiger partial charge in [-0.05, 0) is 55.6 Å². The van der Waals surface area contributed by atoms with Gasteiger partial charge in [-0.3, -0.25) is 9.88 Å². The number of H-pyrrole nitrogens is 1. The van der Waals surface area contributed by atoms with Crippen molar-refractivity contribution in [2.75, 3.05) is 13.1 Å². The lowest BCUT2D eigenvalue weighted by Gasteiger charge is -2.23. The Morgan fingerprint density at radius 3 is 2.94 bits per heavy atom. The minimum Gasteiger partial charge on any atom is -0.364 e. The first-order chi connectivity index (χ1) is 8.93. The molecular weight excluding hydrogens is 222 g/mol. The molecule has 0 aliphatic carbocycles. The lowest BCUT2D eigenvalue weighted by molar-refractivity contribution is 0.257. The van der Waals surface area contributed by atoms with Crippen molar-refractivity contribution in [1.29, 1.82) is 0 Å². The van der Waals surface area contributed by atoms with E-state index in [9.17, 15) is 0 Å². The molecule has 94 valence electrons. The molecule has 2 aromatic rings. The maximum atomic E-state index is 4.06. The average Bonchev–Trinajstić information content (AvgIpc) is 3.08. The third-order valence-corrected chi connectivity index (χ3v) is 3.78. The SMILES string of the molecule is c1c[nH]c([C@H]2CCCN2CCc2ccncc2)c1. The monoisotopic (exact) mass is 241 g/mol. The topological polar surface area (TPSA) is 31.9 Å². The lowest BCUT2D eigenvalue weighted by atomic mass is 10.1. The second-order valence-corrected chi connectivity index (χ2v) is 4.92. The fraction of sp³-hybridized carbons (Fsp3) is 0.400. The molecule has 0 amide bonds. The second kappa shape index (κ2) is 5.36. The first kappa shape index (κ1) is 11.5. The fourth-order valence-corrected chi connectivity index (χ4v) is 2.82. The zero-order valence-electron chi connectivity index (χ0n) is 10.5. The quantitative estimate of drug-likeness (QED) is 0.892. The van der Waals surface area contributed by atoms with Crippen molar-refractivity contribution in [2.45, 2.75) is 25.3 Å². The Kier molecular flexibility index (Phi) is 3.42. The maximum Gasteiger partial charge on any atom is 0.0498 e. The minimum absolute atomic E-state index is 0.585. The molecule has 1 aliphatic heterocycles. The molecule has 1 atom stereocenters. The van der Waals surface area contributed by atoms with Gasteiger partial charge in [0.2, 0.25) is 0 Å². The van der Waals surface area contributed by atoms with Crippen LogP contribution in [-0.2, 0) is 6.42 Å². The third-order valence-electron chi connectivity index (χ3n) is 3.78. The van der Waals surface area contributed by atoms with Gasteiger partial charge < -0.3 is 4.98 Å². The summed E-state index contributed by atoms with van der Waals surface area (Å²) in [6.07, 6.45) is 9.47. The van der Waals surface area contributed by atoms with Gasteiger partial charge in [-0.2, -0.15) is 0 Å². The Hall–Kier alpha value is -1.61. The molecule has 0 aromatic carbocycles. The number of hydrogen-bond acceptors (Lipinski definition) is 2. The van der Waals surface area contributed by atoms with Crippen LogP contribution in [0, 0.1) is 0 Å². The third kappa shape index (κ3) is 2.46. The van der Waals surface area contributed by atoms with Crippen LogP contribution in [0.15, 0.2) is 42.9 Å². The average molecular weight is 241 g/mol. The molecule has 1 fully saturated rings. The van der Waals surface area contributed by atoms with Crippen LogP contribution in [0.2, 0.25) is 0 Å². The van der Waals surface area contributed by atoms with Crippen LogP contribution in [-0.4, -0.2) is 28.0 Å². The molecule has 1 aliphatic rings. The van der Waals surface area contributed by atoms with Crippen LogP contribution in [0.5, 0.6) is 0 Å². The summed E-state index contributed by atoms with van der Waals surface area (Å²) in [6.45, 7) is 2.35. The van der Waals surface area contributed by atoms with Crippen molar-refractivity contribution in [3.05, 3.63) is 54.1 Å². The zero-order chi connectivity index (χ0) is 12.2. The smallest absolute Gasteiger partial charge is 0.0498 e. The van der Waals surface area contributed by atoms with Gasteiger partial charge in [0.15, 0.2) is 0 Å². The molecular formula is C15H19N3. The summed E-state index contributed by atoms with van der Waals surface area (Å²) >= 11 is 0. The van der Waals surface area contributed by atoms with E-state index in [0.29, 0.717) is 6.04 Å². The normalized spacial score (nSPS) is 20.3. The van der Waals surface area contributed by atoms with Crippen LogP contribution in [0.25, 0.3) is 0 Å². The number of nitrogens with zero attached hydrogens (tertiary/aromatic N) is 2. The molecule has 2 aromatic heterocycles. The number of rotatable bonds is 4. The number of aromatic nitrogens is 2. The summed E-state index contributed by atoms with van der Waals surface area (Å²) in [4.78, 5) is 10.0. The molecule has 3 rings (SSSR count). The van der Waals surface area contributed by atoms with Gasteiger partial charge in [0, 0.05) is 36.9 Å². The molecule has 1 N–H and O–H groups in total. The highest BCUT2D eigenvalue weighted by molar-refractivity contribution is 5.13. The van der Waals surface area contributed by atoms with E-state index in [1.165, 1.54) is 30.6 Å². The fourth-order valence-electron chi connectivity index (χ4n) is 2.82. The Balaban J connectivity index is 1.62. The van der Waals surface area contributed by atoms with Crippen LogP contribution >= 0.6 is 0 Å². The minimum atomic E-state index is 0.585. The summed E-state index contributed by atoms with van der Waals surface area (Å²) in [5, 5.41) is 0. The molecule has 3 heteroatoms. The Labute approximate surface area is 108 Å². The molecule has 1 saturated heterocycles. The van der Waals surface area contributed by atoms with Gasteiger partial charge in [-0.15, -0.1) is 0 Å². The predicted octanol–water partition coefficient (Wildman–Crippen LogP) is 2.79. The van der Waals surface area contributed by atoms with Crippen molar-refractivity contribution in [3.8, 4) is 0 Å². The summed E-state index contributed by atoms with van der Waals surface area (Å²) in [5.74, 6) is 0. The summed E-state index contributed by atoms with van der Waals surface area (Å²) in [6, 6.07) is 9.10. The molecule has 0 radical (unpaired) electrons. The van der Waals surface area contributed by atoms with E-state index >= 15 is 0 Å². The van der Waals surface area contributed by atoms with Crippen LogP contribution in [0.4, 0.5) is 0 Å². The number of nitrogens with one attached hydrogen (secondary N) is 1. The lowest BCUT2D eigenvalue weighted by Crippen LogP contribution is -2.25. The molecule has 0 saturated carbocycles. The van der Waals surface area contributed by atoms with Crippen LogP contribution < -0.4 is 0 Å². The Morgan fingerprint density at radius 2 is 2.17 bits per heavy atom. The number of likely N-dealkylation sites (tertiary alicyclic amines) is 1. The van der Waals surface area contributed by atoms with E-state index in [4.69, 9.17) is 0 Å². The van der Waals surface area contributed by atoms with E-state index in [-0.39, 0.29) is 0 Å². The summed E-state index contributed by atoms with van der Waals surface area (Å²) in [7, 11) is 0. The second-order valence-electron chi connectivity index (χ2n) is 4.92. The zero-order valence-corrected chi connectivity index (χ0v) is 10.5. The highest BCUT2D eigenvalue weighted by Crippen LogP contribution is 2.30. The highest BCUT2D eigenvalue weighted by Gasteiger charge is 2.25. The Bertz CT molecular complexity index is 464. The summed E-state index contributed by atoms with van der Waals surface area (Å²) in [5.41, 5.74) is 2.74. The van der Waals surface area contributed by atoms with E-state index in [1.54, 1.807) is 0 Å². The maximum absolute atomic E-state index is 4.06. The first-order valence-corrected chi connectivity index (χ1v) is 6.70. The molecule has 3 nitrogen and oxygen atoms in total.